The van der Waals surface area contributed by atoms with Crippen LogP contribution in [-0.4, -0.2) is 4.98 Å². The van der Waals surface area contributed by atoms with Gasteiger partial charge in [-0.15, -0.1) is 0 Å². The Labute approximate surface area is 183 Å². The van der Waals surface area contributed by atoms with E-state index in [1.807, 2.05) is 0 Å². The highest BCUT2D eigenvalue weighted by Gasteiger charge is 2.22. The van der Waals surface area contributed by atoms with Crippen LogP contribution in [-0.2, 0) is 0 Å². The van der Waals surface area contributed by atoms with Crippen molar-refractivity contribution in [1.82, 2.24) is 4.98 Å². The molecule has 0 unspecified atom stereocenters. The predicted octanol–water partition coefficient (Wildman–Crippen LogP) is 9.03. The van der Waals surface area contributed by atoms with Gasteiger partial charge in [-0.25, -0.2) is 9.55 Å². The van der Waals surface area contributed by atoms with Crippen molar-refractivity contribution in [3.63, 3.8) is 0 Å². The molecule has 0 aliphatic rings. The molecule has 0 bridgehead atoms. The minimum Gasteiger partial charge on any atom is -0.247 e. The van der Waals surface area contributed by atoms with E-state index >= 15 is 0 Å². The number of nitrogens with one attached hydrogen (secondary N) is 1. The Morgan fingerprint density at radius 1 is 0.690 bits per heavy atom. The smallest absolute Gasteiger partial charge is 0.247 e. The Bertz CT molecular complexity index is 463. The first-order chi connectivity index (χ1) is 14.2. The topological polar surface area (TPSA) is 19.7 Å². The van der Waals surface area contributed by atoms with Crippen LogP contribution < -0.4 is 4.57 Å². The number of nitrogens with zero attached hydrogens (tertiary/aromatic N) is 1. The standard InChI is InChI=1S/C27H52N2/c1-5-7-8-9-10-11-12-13-14-15-16-17-18-19-20-21-22-26(6-2)27-28-23-24-29(27)25(3)4/h23-26H,5-22H2,1-4H3/p+1/t26-/m0/s1. The average Bonchev–Trinajstić information content (AvgIpc) is 3.20. The van der Waals surface area contributed by atoms with Gasteiger partial charge in [0.15, 0.2) is 0 Å². The van der Waals surface area contributed by atoms with Crippen LogP contribution in [0.5, 0.6) is 0 Å². The van der Waals surface area contributed by atoms with Crippen molar-refractivity contribution in [1.29, 1.82) is 0 Å². The van der Waals surface area contributed by atoms with Gasteiger partial charge in [-0.05, 0) is 26.7 Å². The second-order valence-electron chi connectivity index (χ2n) is 9.54. The number of rotatable bonds is 20. The number of hydrogen-bond acceptors (Lipinski definition) is 0. The van der Waals surface area contributed by atoms with E-state index in [4.69, 9.17) is 0 Å². The third-order valence-electron chi connectivity index (χ3n) is 6.59. The zero-order chi connectivity index (χ0) is 21.2. The number of unbranched alkanes of at least 4 members (excludes halogenated alkanes) is 15. The van der Waals surface area contributed by atoms with Gasteiger partial charge < -0.3 is 0 Å². The van der Waals surface area contributed by atoms with Crippen LogP contribution in [0.3, 0.4) is 0 Å². The van der Waals surface area contributed by atoms with Crippen LogP contribution >= 0.6 is 0 Å². The average molecular weight is 406 g/mol. The van der Waals surface area contributed by atoms with E-state index in [0.29, 0.717) is 12.0 Å². The van der Waals surface area contributed by atoms with Crippen molar-refractivity contribution in [3.8, 4) is 0 Å². The van der Waals surface area contributed by atoms with E-state index < -0.39 is 0 Å². The molecule has 2 heteroatoms. The highest BCUT2D eigenvalue weighted by atomic mass is 15.1. The van der Waals surface area contributed by atoms with Gasteiger partial charge in [0.05, 0.1) is 12.0 Å². The number of aromatic nitrogens is 2. The fourth-order valence-corrected chi connectivity index (χ4v) is 4.61. The van der Waals surface area contributed by atoms with Crippen LogP contribution in [0.25, 0.3) is 0 Å². The molecular weight excluding hydrogens is 352 g/mol. The van der Waals surface area contributed by atoms with E-state index in [2.05, 4.69) is 49.6 Å². The first-order valence-corrected chi connectivity index (χ1v) is 13.3. The van der Waals surface area contributed by atoms with Crippen molar-refractivity contribution in [2.75, 3.05) is 0 Å². The van der Waals surface area contributed by atoms with E-state index in [1.54, 1.807) is 0 Å². The maximum atomic E-state index is 3.51. The summed E-state index contributed by atoms with van der Waals surface area (Å²) in [6.07, 6.45) is 30.0. The first kappa shape index (κ1) is 26.2. The summed E-state index contributed by atoms with van der Waals surface area (Å²) < 4.78 is 2.42. The largest absolute Gasteiger partial charge is 0.257 e. The molecule has 1 rings (SSSR count). The van der Waals surface area contributed by atoms with Gasteiger partial charge in [-0.2, -0.15) is 0 Å². The molecule has 0 saturated carbocycles. The number of hydrogen-bond donors (Lipinski definition) is 1. The summed E-state index contributed by atoms with van der Waals surface area (Å²) in [4.78, 5) is 3.51. The molecule has 1 aromatic heterocycles. The lowest BCUT2D eigenvalue weighted by molar-refractivity contribution is -0.723. The van der Waals surface area contributed by atoms with Gasteiger partial charge in [0.2, 0.25) is 0 Å². The number of imidazole rings is 1. The van der Waals surface area contributed by atoms with Crippen LogP contribution in [0.4, 0.5) is 0 Å². The third-order valence-corrected chi connectivity index (χ3v) is 6.59. The van der Waals surface area contributed by atoms with Gasteiger partial charge in [-0.3, -0.25) is 0 Å². The summed E-state index contributed by atoms with van der Waals surface area (Å²) in [6.45, 7) is 9.19. The lowest BCUT2D eigenvalue weighted by Gasteiger charge is -2.13. The summed E-state index contributed by atoms with van der Waals surface area (Å²) >= 11 is 0. The Morgan fingerprint density at radius 3 is 1.55 bits per heavy atom. The number of H-pyrrole nitrogens is 1. The number of aromatic amines is 1. The van der Waals surface area contributed by atoms with Gasteiger partial charge in [0.25, 0.3) is 5.82 Å². The summed E-state index contributed by atoms with van der Waals surface area (Å²) in [5.41, 5.74) is 0. The van der Waals surface area contributed by atoms with Crippen molar-refractivity contribution in [3.05, 3.63) is 18.2 Å². The maximum absolute atomic E-state index is 3.51. The van der Waals surface area contributed by atoms with E-state index in [0.717, 1.165) is 0 Å². The van der Waals surface area contributed by atoms with Crippen molar-refractivity contribution < 1.29 is 4.57 Å². The summed E-state index contributed by atoms with van der Waals surface area (Å²) in [5, 5.41) is 0. The normalized spacial score (nSPS) is 12.7. The fourth-order valence-electron chi connectivity index (χ4n) is 4.61. The minimum absolute atomic E-state index is 0.552. The summed E-state index contributed by atoms with van der Waals surface area (Å²) in [6, 6.07) is 0.552. The molecule has 170 valence electrons. The van der Waals surface area contributed by atoms with Crippen molar-refractivity contribution >= 4 is 0 Å². The second kappa shape index (κ2) is 18.0. The summed E-state index contributed by atoms with van der Waals surface area (Å²) in [7, 11) is 0. The van der Waals surface area contributed by atoms with Crippen molar-refractivity contribution in [2.45, 2.75) is 155 Å². The van der Waals surface area contributed by atoms with E-state index in [1.165, 1.54) is 121 Å². The SMILES string of the molecule is CCCCCCCCCCCCCCCCCC[C@H](CC)c1[nH]cc[n+]1C(C)C. The van der Waals surface area contributed by atoms with Gasteiger partial charge in [0, 0.05) is 0 Å². The van der Waals surface area contributed by atoms with Gasteiger partial charge in [0.1, 0.15) is 12.4 Å². The predicted molar refractivity (Wildman–Crippen MR) is 129 cm³/mol. The Balaban J connectivity index is 1.91. The van der Waals surface area contributed by atoms with Crippen LogP contribution in [0.15, 0.2) is 12.4 Å². The highest BCUT2D eigenvalue weighted by Crippen LogP contribution is 2.23. The molecular formula is C27H53N2+. The van der Waals surface area contributed by atoms with Crippen LogP contribution in [0.1, 0.15) is 161 Å². The minimum atomic E-state index is 0.552. The molecule has 1 heterocycles. The molecule has 0 aromatic carbocycles. The monoisotopic (exact) mass is 405 g/mol. The maximum Gasteiger partial charge on any atom is 0.257 e. The lowest BCUT2D eigenvalue weighted by atomic mass is 9.96. The zero-order valence-electron chi connectivity index (χ0n) is 20.5. The third kappa shape index (κ3) is 12.5. The quantitative estimate of drug-likeness (QED) is 0.165. The molecule has 1 aromatic rings. The molecule has 0 aliphatic heterocycles. The molecule has 0 amide bonds. The summed E-state index contributed by atoms with van der Waals surface area (Å²) in [5.74, 6) is 2.13. The zero-order valence-corrected chi connectivity index (χ0v) is 20.5. The Kier molecular flexibility index (Phi) is 16.3. The Morgan fingerprint density at radius 2 is 1.14 bits per heavy atom. The fraction of sp³-hybridized carbons (Fsp3) is 0.889. The van der Waals surface area contributed by atoms with Gasteiger partial charge >= 0.3 is 0 Å². The van der Waals surface area contributed by atoms with Crippen molar-refractivity contribution in [2.24, 2.45) is 0 Å². The molecule has 0 saturated heterocycles. The molecule has 2 nitrogen and oxygen atoms in total. The molecule has 0 radical (unpaired) electrons. The van der Waals surface area contributed by atoms with E-state index in [-0.39, 0.29) is 0 Å². The lowest BCUT2D eigenvalue weighted by Crippen LogP contribution is -2.39. The first-order valence-electron chi connectivity index (χ1n) is 13.3. The molecule has 1 N–H and O–H groups in total. The van der Waals surface area contributed by atoms with Crippen LogP contribution in [0.2, 0.25) is 0 Å². The second-order valence-corrected chi connectivity index (χ2v) is 9.54. The van der Waals surface area contributed by atoms with Crippen LogP contribution in [0, 0.1) is 0 Å². The van der Waals surface area contributed by atoms with Gasteiger partial charge in [-0.1, -0.05) is 117 Å². The Hall–Kier alpha value is -0.790. The van der Waals surface area contributed by atoms with E-state index in [9.17, 15) is 0 Å². The molecule has 0 fully saturated rings. The molecule has 0 spiro atoms. The molecule has 1 atom stereocenters. The molecule has 29 heavy (non-hydrogen) atoms. The molecule has 0 aliphatic carbocycles. The highest BCUT2D eigenvalue weighted by molar-refractivity contribution is 4.89.